The molecule has 1 saturated heterocycles. The van der Waals surface area contributed by atoms with Crippen LogP contribution in [0.25, 0.3) is 0 Å². The first-order valence-corrected chi connectivity index (χ1v) is 10.9. The molecule has 0 aliphatic carbocycles. The van der Waals surface area contributed by atoms with Gasteiger partial charge in [0.25, 0.3) is 0 Å². The number of nitrogens with one attached hydrogen (secondary N) is 1. The van der Waals surface area contributed by atoms with Gasteiger partial charge in [0.1, 0.15) is 0 Å². The SMILES string of the molecule is CCN(CC)c1ccc(NC(=O)C2CCN(C(=O)Cc3cccs3)CC2)cc1. The van der Waals surface area contributed by atoms with Crippen LogP contribution in [0.4, 0.5) is 11.4 Å². The van der Waals surface area contributed by atoms with Gasteiger partial charge in [-0.25, -0.2) is 0 Å². The van der Waals surface area contributed by atoms with Gasteiger partial charge < -0.3 is 15.1 Å². The van der Waals surface area contributed by atoms with Crippen LogP contribution in [0.1, 0.15) is 31.6 Å². The number of rotatable bonds is 7. The van der Waals surface area contributed by atoms with E-state index in [2.05, 4.69) is 36.2 Å². The van der Waals surface area contributed by atoms with Gasteiger partial charge in [-0.2, -0.15) is 0 Å². The number of piperidine rings is 1. The molecule has 1 N–H and O–H groups in total. The first-order chi connectivity index (χ1) is 13.6. The Kier molecular flexibility index (Phi) is 7.09. The van der Waals surface area contributed by atoms with Crippen LogP contribution in [0.2, 0.25) is 0 Å². The molecule has 2 amide bonds. The summed E-state index contributed by atoms with van der Waals surface area (Å²) in [6.45, 7) is 7.51. The summed E-state index contributed by atoms with van der Waals surface area (Å²) in [5, 5.41) is 5.03. The van der Waals surface area contributed by atoms with E-state index in [0.717, 1.165) is 36.5 Å². The van der Waals surface area contributed by atoms with Crippen molar-refractivity contribution in [3.05, 3.63) is 46.7 Å². The van der Waals surface area contributed by atoms with Crippen molar-refractivity contribution >= 4 is 34.5 Å². The molecule has 2 heterocycles. The van der Waals surface area contributed by atoms with Gasteiger partial charge in [-0.3, -0.25) is 9.59 Å². The van der Waals surface area contributed by atoms with Crippen molar-refractivity contribution in [2.24, 2.45) is 5.92 Å². The fraction of sp³-hybridized carbons (Fsp3) is 0.455. The first-order valence-electron chi connectivity index (χ1n) is 10.1. The first kappa shape index (κ1) is 20.4. The quantitative estimate of drug-likeness (QED) is 0.765. The van der Waals surface area contributed by atoms with Gasteiger partial charge in [0.05, 0.1) is 6.42 Å². The molecule has 0 radical (unpaired) electrons. The van der Waals surface area contributed by atoms with E-state index >= 15 is 0 Å². The highest BCUT2D eigenvalue weighted by Gasteiger charge is 2.27. The number of likely N-dealkylation sites (tertiary alicyclic amines) is 1. The molecule has 0 bridgehead atoms. The Labute approximate surface area is 171 Å². The Balaban J connectivity index is 1.48. The fourth-order valence-corrected chi connectivity index (χ4v) is 4.35. The molecule has 0 atom stereocenters. The number of hydrogen-bond donors (Lipinski definition) is 1. The number of anilines is 2. The molecule has 6 heteroatoms. The van der Waals surface area contributed by atoms with Crippen molar-refractivity contribution in [1.82, 2.24) is 4.90 Å². The lowest BCUT2D eigenvalue weighted by atomic mass is 9.95. The van der Waals surface area contributed by atoms with E-state index < -0.39 is 0 Å². The van der Waals surface area contributed by atoms with Gasteiger partial charge in [0, 0.05) is 48.3 Å². The predicted molar refractivity (Wildman–Crippen MR) is 116 cm³/mol. The molecule has 2 aromatic rings. The maximum absolute atomic E-state index is 12.6. The summed E-state index contributed by atoms with van der Waals surface area (Å²) in [5.41, 5.74) is 2.00. The fourth-order valence-electron chi connectivity index (χ4n) is 3.65. The summed E-state index contributed by atoms with van der Waals surface area (Å²) in [5.74, 6) is 0.183. The molecule has 1 aromatic heterocycles. The van der Waals surface area contributed by atoms with Crippen LogP contribution in [-0.2, 0) is 16.0 Å². The largest absolute Gasteiger partial charge is 0.372 e. The zero-order valence-corrected chi connectivity index (χ0v) is 17.5. The summed E-state index contributed by atoms with van der Waals surface area (Å²) < 4.78 is 0. The minimum Gasteiger partial charge on any atom is -0.372 e. The van der Waals surface area contributed by atoms with Crippen LogP contribution in [-0.4, -0.2) is 42.9 Å². The van der Waals surface area contributed by atoms with Crippen LogP contribution in [0, 0.1) is 5.92 Å². The van der Waals surface area contributed by atoms with E-state index in [9.17, 15) is 9.59 Å². The van der Waals surface area contributed by atoms with Gasteiger partial charge in [-0.05, 0) is 62.4 Å². The number of hydrogen-bond acceptors (Lipinski definition) is 4. The molecule has 0 unspecified atom stereocenters. The van der Waals surface area contributed by atoms with E-state index in [1.165, 1.54) is 5.69 Å². The summed E-state index contributed by atoms with van der Waals surface area (Å²) in [7, 11) is 0. The maximum atomic E-state index is 12.6. The monoisotopic (exact) mass is 399 g/mol. The van der Waals surface area contributed by atoms with Crippen molar-refractivity contribution in [3.63, 3.8) is 0 Å². The second-order valence-corrected chi connectivity index (χ2v) is 8.15. The summed E-state index contributed by atoms with van der Waals surface area (Å²) in [6.07, 6.45) is 1.91. The van der Waals surface area contributed by atoms with Crippen LogP contribution in [0.15, 0.2) is 41.8 Å². The van der Waals surface area contributed by atoms with Crippen molar-refractivity contribution in [2.45, 2.75) is 33.1 Å². The number of amides is 2. The lowest BCUT2D eigenvalue weighted by Gasteiger charge is -2.31. The molecule has 0 spiro atoms. The summed E-state index contributed by atoms with van der Waals surface area (Å²) in [4.78, 5) is 30.3. The van der Waals surface area contributed by atoms with E-state index in [4.69, 9.17) is 0 Å². The number of benzene rings is 1. The average molecular weight is 400 g/mol. The lowest BCUT2D eigenvalue weighted by Crippen LogP contribution is -2.42. The Bertz CT molecular complexity index is 762. The molecule has 1 aromatic carbocycles. The van der Waals surface area contributed by atoms with E-state index in [1.807, 2.05) is 34.5 Å². The van der Waals surface area contributed by atoms with Crippen LogP contribution >= 0.6 is 11.3 Å². The molecule has 1 aliphatic rings. The number of nitrogens with zero attached hydrogens (tertiary/aromatic N) is 2. The minimum absolute atomic E-state index is 0.0340. The Morgan fingerprint density at radius 2 is 1.79 bits per heavy atom. The van der Waals surface area contributed by atoms with E-state index in [1.54, 1.807) is 11.3 Å². The highest BCUT2D eigenvalue weighted by atomic mass is 32.1. The molecule has 0 saturated carbocycles. The standard InChI is InChI=1S/C22H29N3O2S/c1-3-24(4-2)19-9-7-18(8-10-19)23-22(27)17-11-13-25(14-12-17)21(26)16-20-6-5-15-28-20/h5-10,15,17H,3-4,11-14,16H2,1-2H3,(H,23,27). The maximum Gasteiger partial charge on any atom is 0.227 e. The Hall–Kier alpha value is -2.34. The second kappa shape index (κ2) is 9.73. The van der Waals surface area contributed by atoms with E-state index in [0.29, 0.717) is 19.5 Å². The van der Waals surface area contributed by atoms with Crippen molar-refractivity contribution in [1.29, 1.82) is 0 Å². The second-order valence-electron chi connectivity index (χ2n) is 7.12. The van der Waals surface area contributed by atoms with Crippen molar-refractivity contribution < 1.29 is 9.59 Å². The number of carbonyl (C=O) groups is 2. The minimum atomic E-state index is -0.0340. The third-order valence-electron chi connectivity index (χ3n) is 5.39. The average Bonchev–Trinajstić information content (AvgIpc) is 3.23. The molecule has 28 heavy (non-hydrogen) atoms. The summed E-state index contributed by atoms with van der Waals surface area (Å²) >= 11 is 1.61. The summed E-state index contributed by atoms with van der Waals surface area (Å²) in [6, 6.07) is 12.0. The highest BCUT2D eigenvalue weighted by molar-refractivity contribution is 7.10. The highest BCUT2D eigenvalue weighted by Crippen LogP contribution is 2.22. The van der Waals surface area contributed by atoms with Gasteiger partial charge in [-0.15, -0.1) is 11.3 Å². The molecular weight excluding hydrogens is 370 g/mol. The molecule has 1 aliphatic heterocycles. The van der Waals surface area contributed by atoms with Crippen LogP contribution in [0.3, 0.4) is 0 Å². The third kappa shape index (κ3) is 5.13. The number of carbonyl (C=O) groups excluding carboxylic acids is 2. The Morgan fingerprint density at radius 3 is 2.36 bits per heavy atom. The molecule has 5 nitrogen and oxygen atoms in total. The molecule has 1 fully saturated rings. The van der Waals surface area contributed by atoms with Gasteiger partial charge >= 0.3 is 0 Å². The zero-order valence-electron chi connectivity index (χ0n) is 16.7. The smallest absolute Gasteiger partial charge is 0.227 e. The molecule has 3 rings (SSSR count). The normalized spacial score (nSPS) is 14.7. The zero-order chi connectivity index (χ0) is 19.9. The number of thiophene rings is 1. The van der Waals surface area contributed by atoms with Gasteiger partial charge in [0.2, 0.25) is 11.8 Å². The topological polar surface area (TPSA) is 52.7 Å². The van der Waals surface area contributed by atoms with Gasteiger partial charge in [-0.1, -0.05) is 6.07 Å². The van der Waals surface area contributed by atoms with Crippen LogP contribution < -0.4 is 10.2 Å². The third-order valence-corrected chi connectivity index (χ3v) is 6.26. The van der Waals surface area contributed by atoms with Crippen molar-refractivity contribution in [2.75, 3.05) is 36.4 Å². The van der Waals surface area contributed by atoms with E-state index in [-0.39, 0.29) is 17.7 Å². The van der Waals surface area contributed by atoms with Crippen LogP contribution in [0.5, 0.6) is 0 Å². The van der Waals surface area contributed by atoms with Crippen molar-refractivity contribution in [3.8, 4) is 0 Å². The molecular formula is C22H29N3O2S. The predicted octanol–water partition coefficient (Wildman–Crippen LogP) is 4.01. The van der Waals surface area contributed by atoms with Gasteiger partial charge in [0.15, 0.2) is 0 Å². The molecule has 150 valence electrons. The Morgan fingerprint density at radius 1 is 1.11 bits per heavy atom. The lowest BCUT2D eigenvalue weighted by molar-refractivity contribution is -0.133.